The van der Waals surface area contributed by atoms with Gasteiger partial charge in [-0.1, -0.05) is 0 Å². The highest BCUT2D eigenvalue weighted by Gasteiger charge is 2.56. The monoisotopic (exact) mass is 305 g/mol. The molecule has 0 radical (unpaired) electrons. The summed E-state index contributed by atoms with van der Waals surface area (Å²) in [5, 5.41) is 19.0. The minimum Gasteiger partial charge on any atom is -0.394 e. The van der Waals surface area contributed by atoms with Gasteiger partial charge < -0.3 is 34.1 Å². The fraction of sp³-hybridized carbons (Fsp3) is 1.00. The van der Waals surface area contributed by atoms with Gasteiger partial charge in [0.05, 0.1) is 6.61 Å². The van der Waals surface area contributed by atoms with Crippen molar-refractivity contribution in [2.24, 2.45) is 0 Å². The summed E-state index contributed by atoms with van der Waals surface area (Å²) in [5.74, 6) is -0.726. The fourth-order valence-electron chi connectivity index (χ4n) is 2.71. The second-order valence-corrected chi connectivity index (χ2v) is 6.31. The van der Waals surface area contributed by atoms with Gasteiger partial charge in [0.15, 0.2) is 12.1 Å². The third-order valence-electron chi connectivity index (χ3n) is 3.65. The number of aliphatic hydroxyl groups excluding tert-OH is 2. The van der Waals surface area contributed by atoms with E-state index >= 15 is 0 Å². The van der Waals surface area contributed by atoms with Gasteiger partial charge in [-0.15, -0.1) is 0 Å². The second kappa shape index (κ2) is 6.87. The highest BCUT2D eigenvalue weighted by Crippen LogP contribution is 2.39. The lowest BCUT2D eigenvalue weighted by Gasteiger charge is -2.28. The normalized spacial score (nSPS) is 36.1. The Morgan fingerprint density at radius 2 is 2.00 bits per heavy atom. The van der Waals surface area contributed by atoms with E-state index in [9.17, 15) is 5.11 Å². The molecular weight excluding hydrogens is 278 g/mol. The summed E-state index contributed by atoms with van der Waals surface area (Å²) in [6.07, 6.45) is -2.17. The first-order valence-corrected chi connectivity index (χ1v) is 7.40. The molecule has 0 aromatic rings. The van der Waals surface area contributed by atoms with Crippen molar-refractivity contribution in [3.8, 4) is 0 Å². The van der Waals surface area contributed by atoms with Crippen LogP contribution in [0.1, 0.15) is 20.3 Å². The Kier molecular flexibility index (Phi) is 5.59. The maximum absolute atomic E-state index is 9.88. The summed E-state index contributed by atoms with van der Waals surface area (Å²) < 4.78 is 23.0. The van der Waals surface area contributed by atoms with E-state index in [0.29, 0.717) is 6.61 Å². The maximum atomic E-state index is 9.88. The van der Waals surface area contributed by atoms with E-state index in [4.69, 9.17) is 24.1 Å². The van der Waals surface area contributed by atoms with Gasteiger partial charge in [0, 0.05) is 6.61 Å². The smallest absolute Gasteiger partial charge is 0.190 e. The third kappa shape index (κ3) is 4.13. The number of ether oxygens (including phenoxy) is 4. The van der Waals surface area contributed by atoms with Gasteiger partial charge in [0.1, 0.15) is 24.4 Å². The van der Waals surface area contributed by atoms with Gasteiger partial charge in [-0.05, 0) is 40.9 Å². The minimum atomic E-state index is -1.01. The molecule has 7 nitrogen and oxygen atoms in total. The molecule has 0 saturated carbocycles. The Labute approximate surface area is 125 Å². The van der Waals surface area contributed by atoms with Crippen LogP contribution < -0.4 is 0 Å². The van der Waals surface area contributed by atoms with E-state index in [1.807, 2.05) is 27.9 Å². The number of aliphatic hydroxyl groups is 2. The van der Waals surface area contributed by atoms with Crippen LogP contribution in [0.15, 0.2) is 0 Å². The Hall–Kier alpha value is -0.280. The van der Waals surface area contributed by atoms with Gasteiger partial charge in [0.25, 0.3) is 0 Å². The molecule has 2 fully saturated rings. The van der Waals surface area contributed by atoms with Crippen LogP contribution in [0.3, 0.4) is 0 Å². The van der Waals surface area contributed by atoms with Crippen molar-refractivity contribution in [3.63, 3.8) is 0 Å². The predicted octanol–water partition coefficient (Wildman–Crippen LogP) is -0.447. The molecule has 124 valence electrons. The lowest BCUT2D eigenvalue weighted by atomic mass is 10.1. The van der Waals surface area contributed by atoms with Crippen LogP contribution in [-0.2, 0) is 18.9 Å². The SMILES string of the molecule is CN(C)CCCOC1C(C(O)CO)OC2OC(C)(C)O[C@@H]21. The Bertz CT molecular complexity index is 337. The zero-order valence-corrected chi connectivity index (χ0v) is 13.2. The van der Waals surface area contributed by atoms with Crippen molar-refractivity contribution in [3.05, 3.63) is 0 Å². The second-order valence-electron chi connectivity index (χ2n) is 6.31. The molecule has 2 N–H and O–H groups in total. The molecule has 21 heavy (non-hydrogen) atoms. The highest BCUT2D eigenvalue weighted by molar-refractivity contribution is 4.96. The molecule has 0 spiro atoms. The molecular formula is C14H27NO6. The van der Waals surface area contributed by atoms with Crippen LogP contribution in [0.2, 0.25) is 0 Å². The van der Waals surface area contributed by atoms with E-state index in [1.165, 1.54) is 0 Å². The van der Waals surface area contributed by atoms with E-state index in [1.54, 1.807) is 0 Å². The number of hydrogen-bond donors (Lipinski definition) is 2. The summed E-state index contributed by atoms with van der Waals surface area (Å²) in [5.41, 5.74) is 0. The van der Waals surface area contributed by atoms with Crippen LogP contribution >= 0.6 is 0 Å². The molecule has 0 aromatic carbocycles. The zero-order chi connectivity index (χ0) is 15.6. The first kappa shape index (κ1) is 17.1. The fourth-order valence-corrected chi connectivity index (χ4v) is 2.71. The lowest BCUT2D eigenvalue weighted by molar-refractivity contribution is -0.231. The first-order valence-electron chi connectivity index (χ1n) is 7.40. The van der Waals surface area contributed by atoms with Crippen LogP contribution in [0.5, 0.6) is 0 Å². The van der Waals surface area contributed by atoms with Gasteiger partial charge in [-0.2, -0.15) is 0 Å². The summed E-state index contributed by atoms with van der Waals surface area (Å²) in [6, 6.07) is 0. The molecule has 2 aliphatic rings. The van der Waals surface area contributed by atoms with Crippen molar-refractivity contribution < 1.29 is 29.2 Å². The minimum absolute atomic E-state index is 0.384. The number of rotatable bonds is 7. The van der Waals surface area contributed by atoms with Crippen molar-refractivity contribution in [1.29, 1.82) is 0 Å². The molecule has 4 unspecified atom stereocenters. The molecule has 2 saturated heterocycles. The largest absolute Gasteiger partial charge is 0.394 e. The van der Waals surface area contributed by atoms with Gasteiger partial charge in [-0.3, -0.25) is 0 Å². The van der Waals surface area contributed by atoms with E-state index < -0.39 is 30.4 Å². The molecule has 2 heterocycles. The van der Waals surface area contributed by atoms with E-state index in [-0.39, 0.29) is 12.7 Å². The van der Waals surface area contributed by atoms with Gasteiger partial charge in [0.2, 0.25) is 0 Å². The van der Waals surface area contributed by atoms with Crippen LogP contribution in [-0.4, -0.2) is 85.5 Å². The predicted molar refractivity (Wildman–Crippen MR) is 74.7 cm³/mol. The number of nitrogens with zero attached hydrogens (tertiary/aromatic N) is 1. The molecule has 2 aliphatic heterocycles. The standard InChI is InChI=1S/C14H27NO6/c1-14(2)20-12-11(18-7-5-6-15(3)4)10(9(17)8-16)19-13(12)21-14/h9-13,16-17H,5-8H2,1-4H3/t9?,10?,11?,12-,13?/m1/s1. The number of hydrogen-bond acceptors (Lipinski definition) is 7. The molecule has 7 heteroatoms. The summed E-state index contributed by atoms with van der Waals surface area (Å²) in [6.45, 7) is 4.70. The maximum Gasteiger partial charge on any atom is 0.190 e. The average Bonchev–Trinajstić information content (AvgIpc) is 2.86. The Balaban J connectivity index is 1.94. The van der Waals surface area contributed by atoms with Crippen molar-refractivity contribution in [2.75, 3.05) is 33.9 Å². The first-order chi connectivity index (χ1) is 9.84. The van der Waals surface area contributed by atoms with Crippen molar-refractivity contribution >= 4 is 0 Å². The molecule has 0 aliphatic carbocycles. The zero-order valence-electron chi connectivity index (χ0n) is 13.2. The topological polar surface area (TPSA) is 80.6 Å². The van der Waals surface area contributed by atoms with Gasteiger partial charge >= 0.3 is 0 Å². The van der Waals surface area contributed by atoms with Crippen LogP contribution in [0.25, 0.3) is 0 Å². The summed E-state index contributed by atoms with van der Waals surface area (Å²) in [7, 11) is 4.01. The quantitative estimate of drug-likeness (QED) is 0.617. The summed E-state index contributed by atoms with van der Waals surface area (Å²) in [4.78, 5) is 2.08. The molecule has 0 amide bonds. The number of fused-ring (bicyclic) bond motifs is 1. The average molecular weight is 305 g/mol. The third-order valence-corrected chi connectivity index (χ3v) is 3.65. The Morgan fingerprint density at radius 3 is 2.62 bits per heavy atom. The molecule has 0 aromatic heterocycles. The molecule has 0 bridgehead atoms. The Morgan fingerprint density at radius 1 is 1.29 bits per heavy atom. The van der Waals surface area contributed by atoms with Crippen LogP contribution in [0.4, 0.5) is 0 Å². The molecule has 2 rings (SSSR count). The van der Waals surface area contributed by atoms with E-state index in [0.717, 1.165) is 13.0 Å². The molecule has 5 atom stereocenters. The summed E-state index contributed by atoms with van der Waals surface area (Å²) >= 11 is 0. The van der Waals surface area contributed by atoms with Crippen molar-refractivity contribution in [1.82, 2.24) is 4.90 Å². The van der Waals surface area contributed by atoms with Crippen molar-refractivity contribution in [2.45, 2.75) is 56.8 Å². The lowest BCUT2D eigenvalue weighted by Crippen LogP contribution is -2.44. The van der Waals surface area contributed by atoms with Gasteiger partial charge in [-0.25, -0.2) is 0 Å². The van der Waals surface area contributed by atoms with E-state index in [2.05, 4.69) is 4.90 Å². The van der Waals surface area contributed by atoms with Crippen LogP contribution in [0, 0.1) is 0 Å². The highest BCUT2D eigenvalue weighted by atomic mass is 16.8.